The summed E-state index contributed by atoms with van der Waals surface area (Å²) >= 11 is 5.82. The van der Waals surface area contributed by atoms with Gasteiger partial charge in [-0.1, -0.05) is 17.7 Å². The zero-order chi connectivity index (χ0) is 15.9. The number of ether oxygens (including phenoxy) is 1. The van der Waals surface area contributed by atoms with Gasteiger partial charge in [-0.05, 0) is 48.0 Å². The van der Waals surface area contributed by atoms with Crippen LogP contribution >= 0.6 is 11.6 Å². The second-order valence-corrected chi connectivity index (χ2v) is 4.64. The monoisotopic (exact) mass is 317 g/mol. The molecule has 2 aromatic rings. The normalized spacial score (nSPS) is 10.4. The molecule has 2 aromatic carbocycles. The van der Waals surface area contributed by atoms with Crippen LogP contribution in [0.1, 0.15) is 15.9 Å². The van der Waals surface area contributed by atoms with Crippen molar-refractivity contribution in [3.8, 4) is 5.75 Å². The summed E-state index contributed by atoms with van der Waals surface area (Å²) in [5.74, 6) is -0.121. The van der Waals surface area contributed by atoms with Crippen molar-refractivity contribution in [3.63, 3.8) is 0 Å². The minimum absolute atomic E-state index is 0.365. The van der Waals surface area contributed by atoms with Crippen LogP contribution in [0, 0.1) is 0 Å². The number of benzene rings is 2. The number of urea groups is 1. The van der Waals surface area contributed by atoms with Gasteiger partial charge < -0.3 is 10.5 Å². The number of primary amides is 1. The Kier molecular flexibility index (Phi) is 5.11. The maximum absolute atomic E-state index is 11.9. The molecular formula is C15H12ClN3O3. The van der Waals surface area contributed by atoms with Gasteiger partial charge in [0.25, 0.3) is 0 Å². The van der Waals surface area contributed by atoms with Crippen LogP contribution in [0.25, 0.3) is 0 Å². The van der Waals surface area contributed by atoms with Crippen molar-refractivity contribution in [1.82, 2.24) is 5.43 Å². The summed E-state index contributed by atoms with van der Waals surface area (Å²) in [6, 6.07) is 12.3. The minimum atomic E-state index is -0.747. The molecule has 2 rings (SSSR count). The lowest BCUT2D eigenvalue weighted by Gasteiger charge is -2.04. The van der Waals surface area contributed by atoms with Gasteiger partial charge in [0.1, 0.15) is 5.75 Å². The summed E-state index contributed by atoms with van der Waals surface area (Å²) in [7, 11) is 0. The van der Waals surface area contributed by atoms with E-state index in [9.17, 15) is 9.59 Å². The zero-order valence-corrected chi connectivity index (χ0v) is 12.1. The molecule has 0 aliphatic heterocycles. The Morgan fingerprint density at radius 3 is 2.55 bits per heavy atom. The van der Waals surface area contributed by atoms with Gasteiger partial charge in [-0.2, -0.15) is 5.10 Å². The number of carbonyl (C=O) groups is 2. The van der Waals surface area contributed by atoms with Crippen molar-refractivity contribution in [2.45, 2.75) is 0 Å². The molecule has 3 N–H and O–H groups in total. The number of nitrogens with one attached hydrogen (secondary N) is 1. The smallest absolute Gasteiger partial charge is 0.343 e. The fraction of sp³-hybridized carbons (Fsp3) is 0. The van der Waals surface area contributed by atoms with Crippen LogP contribution in [-0.2, 0) is 0 Å². The number of carbonyl (C=O) groups excluding carboxylic acids is 2. The van der Waals surface area contributed by atoms with E-state index in [1.807, 2.05) is 0 Å². The van der Waals surface area contributed by atoms with Crippen LogP contribution in [-0.4, -0.2) is 18.2 Å². The Labute approximate surface area is 131 Å². The van der Waals surface area contributed by atoms with Crippen LogP contribution in [0.2, 0.25) is 5.02 Å². The molecule has 0 fully saturated rings. The molecule has 0 aromatic heterocycles. The van der Waals surface area contributed by atoms with Gasteiger partial charge in [-0.25, -0.2) is 15.0 Å². The predicted molar refractivity (Wildman–Crippen MR) is 83.2 cm³/mol. The van der Waals surface area contributed by atoms with Gasteiger partial charge in [0.05, 0.1) is 11.8 Å². The average Bonchev–Trinajstić information content (AvgIpc) is 2.48. The van der Waals surface area contributed by atoms with Gasteiger partial charge in [0, 0.05) is 5.02 Å². The molecule has 112 valence electrons. The highest BCUT2D eigenvalue weighted by molar-refractivity contribution is 6.30. The molecule has 7 heteroatoms. The van der Waals surface area contributed by atoms with E-state index < -0.39 is 12.0 Å². The zero-order valence-electron chi connectivity index (χ0n) is 11.3. The number of rotatable bonds is 4. The summed E-state index contributed by atoms with van der Waals surface area (Å²) in [5.41, 5.74) is 8.02. The lowest BCUT2D eigenvalue weighted by molar-refractivity contribution is 0.0734. The van der Waals surface area contributed by atoms with Crippen LogP contribution in [0.5, 0.6) is 5.75 Å². The van der Waals surface area contributed by atoms with Crippen LogP contribution in [0.3, 0.4) is 0 Å². The molecule has 0 radical (unpaired) electrons. The highest BCUT2D eigenvalue weighted by atomic mass is 35.5. The number of hydrazone groups is 1. The Morgan fingerprint density at radius 1 is 1.18 bits per heavy atom. The Morgan fingerprint density at radius 2 is 1.91 bits per heavy atom. The SMILES string of the molecule is NC(=O)NN=Cc1ccc(OC(=O)c2cccc(Cl)c2)cc1. The first-order valence-corrected chi connectivity index (χ1v) is 6.59. The van der Waals surface area contributed by atoms with Crippen molar-refractivity contribution in [2.24, 2.45) is 10.8 Å². The number of halogens is 1. The first-order chi connectivity index (χ1) is 10.5. The van der Waals surface area contributed by atoms with Crippen molar-refractivity contribution in [2.75, 3.05) is 0 Å². The standard InChI is InChI=1S/C15H12ClN3O3/c16-12-3-1-2-11(8-12)14(20)22-13-6-4-10(5-7-13)9-18-19-15(17)21/h1-9H,(H3,17,19,21). The molecule has 0 unspecified atom stereocenters. The quantitative estimate of drug-likeness (QED) is 0.393. The molecule has 22 heavy (non-hydrogen) atoms. The van der Waals surface area contributed by atoms with E-state index in [0.29, 0.717) is 21.9 Å². The van der Waals surface area contributed by atoms with E-state index >= 15 is 0 Å². The van der Waals surface area contributed by atoms with Gasteiger partial charge in [0.15, 0.2) is 0 Å². The van der Waals surface area contributed by atoms with Crippen molar-refractivity contribution >= 4 is 29.8 Å². The number of amides is 2. The van der Waals surface area contributed by atoms with Gasteiger partial charge in [-0.15, -0.1) is 0 Å². The lowest BCUT2D eigenvalue weighted by Crippen LogP contribution is -2.24. The van der Waals surface area contributed by atoms with Crippen LogP contribution in [0.4, 0.5) is 4.79 Å². The summed E-state index contributed by atoms with van der Waals surface area (Å²) < 4.78 is 5.22. The van der Waals surface area contributed by atoms with E-state index in [1.54, 1.807) is 42.5 Å². The lowest BCUT2D eigenvalue weighted by atomic mass is 10.2. The Balaban J connectivity index is 2.00. The number of hydrogen-bond donors (Lipinski definition) is 2. The van der Waals surface area contributed by atoms with E-state index in [-0.39, 0.29) is 0 Å². The second kappa shape index (κ2) is 7.24. The minimum Gasteiger partial charge on any atom is -0.423 e. The molecule has 0 aliphatic carbocycles. The van der Waals surface area contributed by atoms with Gasteiger partial charge in [0.2, 0.25) is 0 Å². The van der Waals surface area contributed by atoms with E-state index in [4.69, 9.17) is 22.1 Å². The highest BCUT2D eigenvalue weighted by Crippen LogP contribution is 2.16. The van der Waals surface area contributed by atoms with Crippen molar-refractivity contribution in [1.29, 1.82) is 0 Å². The number of nitrogens with zero attached hydrogens (tertiary/aromatic N) is 1. The molecular weight excluding hydrogens is 306 g/mol. The van der Waals surface area contributed by atoms with Crippen molar-refractivity contribution in [3.05, 3.63) is 64.7 Å². The molecule has 0 aliphatic rings. The molecule has 0 saturated heterocycles. The Hall–Kier alpha value is -2.86. The first kappa shape index (κ1) is 15.5. The third kappa shape index (κ3) is 4.60. The van der Waals surface area contributed by atoms with Crippen LogP contribution < -0.4 is 15.9 Å². The number of hydrogen-bond acceptors (Lipinski definition) is 4. The largest absolute Gasteiger partial charge is 0.423 e. The third-order valence-corrected chi connectivity index (χ3v) is 2.77. The topological polar surface area (TPSA) is 93.8 Å². The van der Waals surface area contributed by atoms with Gasteiger partial charge in [-0.3, -0.25) is 0 Å². The summed E-state index contributed by atoms with van der Waals surface area (Å²) in [6.45, 7) is 0. The molecule has 2 amide bonds. The number of nitrogens with two attached hydrogens (primary N) is 1. The number of esters is 1. The van der Waals surface area contributed by atoms with E-state index in [1.165, 1.54) is 12.3 Å². The molecule has 0 spiro atoms. The van der Waals surface area contributed by atoms with Crippen molar-refractivity contribution < 1.29 is 14.3 Å². The summed E-state index contributed by atoms with van der Waals surface area (Å²) in [5, 5.41) is 4.08. The molecule has 0 heterocycles. The molecule has 0 bridgehead atoms. The molecule has 0 saturated carbocycles. The van der Waals surface area contributed by atoms with Gasteiger partial charge >= 0.3 is 12.0 Å². The van der Waals surface area contributed by atoms with E-state index in [0.717, 1.165) is 0 Å². The summed E-state index contributed by atoms with van der Waals surface area (Å²) in [6.07, 6.45) is 1.41. The maximum atomic E-state index is 11.9. The first-order valence-electron chi connectivity index (χ1n) is 6.21. The summed E-state index contributed by atoms with van der Waals surface area (Å²) in [4.78, 5) is 22.4. The maximum Gasteiger partial charge on any atom is 0.343 e. The van der Waals surface area contributed by atoms with E-state index in [2.05, 4.69) is 10.5 Å². The van der Waals surface area contributed by atoms with Crippen LogP contribution in [0.15, 0.2) is 53.6 Å². The predicted octanol–water partition coefficient (Wildman–Crippen LogP) is 2.56. The third-order valence-electron chi connectivity index (χ3n) is 2.54. The molecule has 6 nitrogen and oxygen atoms in total. The highest BCUT2D eigenvalue weighted by Gasteiger charge is 2.08. The fourth-order valence-corrected chi connectivity index (χ4v) is 1.76. The second-order valence-electron chi connectivity index (χ2n) is 4.20. The average molecular weight is 318 g/mol. The fourth-order valence-electron chi connectivity index (χ4n) is 1.57. The molecule has 0 atom stereocenters. The Bertz CT molecular complexity index is 714.